The van der Waals surface area contributed by atoms with Gasteiger partial charge in [0.05, 0.1) is 0 Å². The highest BCUT2D eigenvalue weighted by Gasteiger charge is 2.29. The van der Waals surface area contributed by atoms with Gasteiger partial charge in [0.15, 0.2) is 0 Å². The first-order valence-electron chi connectivity index (χ1n) is 7.16. The Balaban J connectivity index is 2.25. The molecular formula is C14H24N4. The Morgan fingerprint density at radius 3 is 2.61 bits per heavy atom. The lowest BCUT2D eigenvalue weighted by molar-refractivity contribution is 0.777. The minimum absolute atomic E-state index is 0.703. The molecule has 0 unspecified atom stereocenters. The van der Waals surface area contributed by atoms with E-state index in [2.05, 4.69) is 42.0 Å². The Bertz CT molecular complexity index is 363. The second-order valence-electron chi connectivity index (χ2n) is 4.83. The van der Waals surface area contributed by atoms with Crippen LogP contribution in [0.1, 0.15) is 45.9 Å². The van der Waals surface area contributed by atoms with Gasteiger partial charge in [-0.1, -0.05) is 6.92 Å². The summed E-state index contributed by atoms with van der Waals surface area (Å²) in [5.41, 5.74) is 0. The van der Waals surface area contributed by atoms with Gasteiger partial charge >= 0.3 is 0 Å². The fraction of sp³-hybridized carbons (Fsp3) is 0.714. The Hall–Kier alpha value is -1.32. The summed E-state index contributed by atoms with van der Waals surface area (Å²) in [6, 6.07) is 2.79. The average molecular weight is 248 g/mol. The number of aryl methyl sites for hydroxylation is 1. The van der Waals surface area contributed by atoms with Gasteiger partial charge in [-0.2, -0.15) is 0 Å². The van der Waals surface area contributed by atoms with Gasteiger partial charge in [0, 0.05) is 31.6 Å². The molecular weight excluding hydrogens is 224 g/mol. The van der Waals surface area contributed by atoms with Crippen molar-refractivity contribution in [2.75, 3.05) is 23.3 Å². The van der Waals surface area contributed by atoms with Crippen LogP contribution in [0.3, 0.4) is 0 Å². The van der Waals surface area contributed by atoms with Crippen LogP contribution in [0.2, 0.25) is 0 Å². The Labute approximate surface area is 110 Å². The van der Waals surface area contributed by atoms with Crippen LogP contribution < -0.4 is 10.2 Å². The molecule has 0 bridgehead atoms. The molecule has 1 fully saturated rings. The summed E-state index contributed by atoms with van der Waals surface area (Å²) in [4.78, 5) is 11.7. The van der Waals surface area contributed by atoms with Crippen LogP contribution in [-0.2, 0) is 6.42 Å². The second-order valence-corrected chi connectivity index (χ2v) is 4.83. The predicted molar refractivity (Wildman–Crippen MR) is 76.2 cm³/mol. The molecule has 0 aliphatic heterocycles. The molecule has 1 N–H and O–H groups in total. The van der Waals surface area contributed by atoms with E-state index in [0.29, 0.717) is 6.04 Å². The van der Waals surface area contributed by atoms with Crippen molar-refractivity contribution >= 4 is 11.6 Å². The Kier molecular flexibility index (Phi) is 4.39. The maximum atomic E-state index is 4.71. The molecule has 0 saturated heterocycles. The topological polar surface area (TPSA) is 41.1 Å². The summed E-state index contributed by atoms with van der Waals surface area (Å²) >= 11 is 0. The first kappa shape index (κ1) is 13.1. The summed E-state index contributed by atoms with van der Waals surface area (Å²) < 4.78 is 0. The van der Waals surface area contributed by atoms with Crippen LogP contribution in [-0.4, -0.2) is 29.1 Å². The van der Waals surface area contributed by atoms with Crippen molar-refractivity contribution < 1.29 is 0 Å². The third kappa shape index (κ3) is 3.12. The van der Waals surface area contributed by atoms with Crippen LogP contribution in [0.15, 0.2) is 6.07 Å². The molecule has 0 amide bonds. The second kappa shape index (κ2) is 6.03. The summed E-state index contributed by atoms with van der Waals surface area (Å²) in [6.45, 7) is 8.39. The SMILES string of the molecule is CCCc1nc(NCC)cc(N(CC)C2CC2)n1. The van der Waals surface area contributed by atoms with Gasteiger partial charge in [-0.3, -0.25) is 0 Å². The molecule has 1 aliphatic rings. The average Bonchev–Trinajstić information content (AvgIpc) is 3.15. The van der Waals surface area contributed by atoms with Gasteiger partial charge in [0.2, 0.25) is 0 Å². The molecule has 1 saturated carbocycles. The van der Waals surface area contributed by atoms with Gasteiger partial charge in [0.1, 0.15) is 17.5 Å². The fourth-order valence-corrected chi connectivity index (χ4v) is 2.23. The third-order valence-corrected chi connectivity index (χ3v) is 3.21. The highest BCUT2D eigenvalue weighted by Crippen LogP contribution is 2.31. The molecule has 0 atom stereocenters. The van der Waals surface area contributed by atoms with E-state index in [9.17, 15) is 0 Å². The number of nitrogens with one attached hydrogen (secondary N) is 1. The quantitative estimate of drug-likeness (QED) is 0.805. The molecule has 1 aromatic heterocycles. The van der Waals surface area contributed by atoms with Crippen LogP contribution in [0.25, 0.3) is 0 Å². The van der Waals surface area contributed by atoms with Crippen molar-refractivity contribution in [3.8, 4) is 0 Å². The third-order valence-electron chi connectivity index (χ3n) is 3.21. The summed E-state index contributed by atoms with van der Waals surface area (Å²) in [7, 11) is 0. The highest BCUT2D eigenvalue weighted by molar-refractivity contribution is 5.50. The van der Waals surface area contributed by atoms with E-state index in [0.717, 1.165) is 43.4 Å². The largest absolute Gasteiger partial charge is 0.370 e. The highest BCUT2D eigenvalue weighted by atomic mass is 15.2. The fourth-order valence-electron chi connectivity index (χ4n) is 2.23. The van der Waals surface area contributed by atoms with Crippen LogP contribution >= 0.6 is 0 Å². The lowest BCUT2D eigenvalue weighted by atomic mass is 10.3. The van der Waals surface area contributed by atoms with Gasteiger partial charge < -0.3 is 10.2 Å². The molecule has 18 heavy (non-hydrogen) atoms. The van der Waals surface area contributed by atoms with Crippen LogP contribution in [0.4, 0.5) is 11.6 Å². The standard InChI is InChI=1S/C14H24N4/c1-4-7-12-16-13(15-5-2)10-14(17-12)18(6-3)11-8-9-11/h10-11H,4-9H2,1-3H3,(H,15,16,17). The first-order chi connectivity index (χ1) is 8.78. The predicted octanol–water partition coefficient (Wildman–Crippen LogP) is 2.85. The van der Waals surface area contributed by atoms with E-state index in [1.165, 1.54) is 12.8 Å². The van der Waals surface area contributed by atoms with E-state index < -0.39 is 0 Å². The maximum Gasteiger partial charge on any atom is 0.134 e. The molecule has 1 aliphatic carbocycles. The zero-order valence-corrected chi connectivity index (χ0v) is 11.7. The van der Waals surface area contributed by atoms with Crippen molar-refractivity contribution in [1.29, 1.82) is 0 Å². The molecule has 1 heterocycles. The lowest BCUT2D eigenvalue weighted by Crippen LogP contribution is -2.26. The van der Waals surface area contributed by atoms with Crippen LogP contribution in [0.5, 0.6) is 0 Å². The molecule has 100 valence electrons. The molecule has 0 spiro atoms. The molecule has 4 heteroatoms. The van der Waals surface area contributed by atoms with Crippen molar-refractivity contribution in [2.24, 2.45) is 0 Å². The minimum atomic E-state index is 0.703. The molecule has 2 rings (SSSR count). The number of nitrogens with zero attached hydrogens (tertiary/aromatic N) is 3. The Morgan fingerprint density at radius 1 is 1.28 bits per heavy atom. The number of aromatic nitrogens is 2. The van der Waals surface area contributed by atoms with Crippen LogP contribution in [0, 0.1) is 0 Å². The van der Waals surface area contributed by atoms with E-state index in [1.807, 2.05) is 0 Å². The van der Waals surface area contributed by atoms with Crippen molar-refractivity contribution in [1.82, 2.24) is 9.97 Å². The van der Waals surface area contributed by atoms with Gasteiger partial charge in [-0.15, -0.1) is 0 Å². The van der Waals surface area contributed by atoms with E-state index in [-0.39, 0.29) is 0 Å². The van der Waals surface area contributed by atoms with Crippen molar-refractivity contribution in [2.45, 2.75) is 52.5 Å². The Morgan fingerprint density at radius 2 is 2.06 bits per heavy atom. The summed E-state index contributed by atoms with van der Waals surface area (Å²) in [5.74, 6) is 3.02. The molecule has 4 nitrogen and oxygen atoms in total. The first-order valence-corrected chi connectivity index (χ1v) is 7.16. The van der Waals surface area contributed by atoms with E-state index >= 15 is 0 Å². The van der Waals surface area contributed by atoms with Crippen molar-refractivity contribution in [3.05, 3.63) is 11.9 Å². The van der Waals surface area contributed by atoms with E-state index in [1.54, 1.807) is 0 Å². The molecule has 0 radical (unpaired) electrons. The minimum Gasteiger partial charge on any atom is -0.370 e. The number of hydrogen-bond donors (Lipinski definition) is 1. The number of hydrogen-bond acceptors (Lipinski definition) is 4. The van der Waals surface area contributed by atoms with Gasteiger partial charge in [-0.05, 0) is 33.1 Å². The molecule has 0 aromatic carbocycles. The van der Waals surface area contributed by atoms with Gasteiger partial charge in [-0.25, -0.2) is 9.97 Å². The zero-order valence-electron chi connectivity index (χ0n) is 11.7. The zero-order chi connectivity index (χ0) is 13.0. The lowest BCUT2D eigenvalue weighted by Gasteiger charge is -2.22. The van der Waals surface area contributed by atoms with Crippen molar-refractivity contribution in [3.63, 3.8) is 0 Å². The number of anilines is 2. The van der Waals surface area contributed by atoms with E-state index in [4.69, 9.17) is 4.98 Å². The van der Waals surface area contributed by atoms with Gasteiger partial charge in [0.25, 0.3) is 0 Å². The smallest absolute Gasteiger partial charge is 0.134 e. The molecule has 1 aromatic rings. The normalized spacial score (nSPS) is 14.6. The maximum absolute atomic E-state index is 4.71. The monoisotopic (exact) mass is 248 g/mol. The summed E-state index contributed by atoms with van der Waals surface area (Å²) in [5, 5.41) is 3.31. The number of rotatable bonds is 7. The summed E-state index contributed by atoms with van der Waals surface area (Å²) in [6.07, 6.45) is 4.65.